The normalized spacial score (nSPS) is 33.3. The first kappa shape index (κ1) is 2.47. The molecule has 0 heteroatoms. The van der Waals surface area contributed by atoms with Crippen molar-refractivity contribution in [2.75, 3.05) is 0 Å². The van der Waals surface area contributed by atoms with Crippen LogP contribution in [0.25, 0.3) is 0 Å². The van der Waals surface area contributed by atoms with Crippen LogP contribution in [0.5, 0.6) is 0 Å². The molecule has 1 unspecified atom stereocenters. The van der Waals surface area contributed by atoms with E-state index in [9.17, 15) is 0 Å². The smallest absolute Gasteiger partial charge is 0.0185 e. The van der Waals surface area contributed by atoms with E-state index in [0.29, 0.717) is 0 Å². The second-order valence-corrected chi connectivity index (χ2v) is 1.77. The summed E-state index contributed by atoms with van der Waals surface area (Å²) in [4.78, 5) is 0. The second-order valence-electron chi connectivity index (χ2n) is 1.77. The second kappa shape index (κ2) is 0.541. The fourth-order valence-corrected chi connectivity index (χ4v) is 0.716. The van der Waals surface area contributed by atoms with Crippen molar-refractivity contribution in [3.05, 3.63) is 23.1 Å². The molecule has 2 rings (SSSR count). The summed E-state index contributed by atoms with van der Waals surface area (Å²) in [5.74, 6) is 0.782. The largest absolute Gasteiger partial charge is 0.0740 e. The van der Waals surface area contributed by atoms with Crippen LogP contribution in [0.3, 0.4) is 0 Å². The molecule has 1 atom stereocenters. The zero-order valence-electron chi connectivity index (χ0n) is 3.36. The predicted molar refractivity (Wildman–Crippen MR) is 23.2 cm³/mol. The Hall–Kier alpha value is -0.700. The minimum absolute atomic E-state index is 0.782. The van der Waals surface area contributed by atoms with Gasteiger partial charge in [0.2, 0.25) is 0 Å². The van der Waals surface area contributed by atoms with E-state index in [1.54, 1.807) is 0 Å². The van der Waals surface area contributed by atoms with Crippen molar-refractivity contribution in [3.8, 4) is 0 Å². The Bertz CT molecular complexity index is 174. The maximum atomic E-state index is 3.00. The van der Waals surface area contributed by atoms with Crippen molar-refractivity contribution in [1.82, 2.24) is 0 Å². The molecule has 1 fully saturated rings. The number of fused-ring (bicyclic) bond motifs is 1. The van der Waals surface area contributed by atoms with Crippen molar-refractivity contribution in [1.29, 1.82) is 0 Å². The summed E-state index contributed by atoms with van der Waals surface area (Å²) in [7, 11) is 0. The average Bonchev–Trinajstić information content (AvgIpc) is 2.17. The van der Waals surface area contributed by atoms with Crippen LogP contribution >= 0.6 is 0 Å². The maximum Gasteiger partial charge on any atom is 0.0185 e. The molecular weight excluding hydrogens is 72.1 g/mol. The molecule has 0 aliphatic heterocycles. The molecule has 2 aliphatic rings. The van der Waals surface area contributed by atoms with Gasteiger partial charge in [0.05, 0.1) is 0 Å². The lowest BCUT2D eigenvalue weighted by Crippen LogP contribution is -1.50. The summed E-state index contributed by atoms with van der Waals surface area (Å²) in [5, 5.41) is 0. The zero-order chi connectivity index (χ0) is 3.98. The zero-order valence-corrected chi connectivity index (χ0v) is 3.36. The van der Waals surface area contributed by atoms with Gasteiger partial charge < -0.3 is 0 Å². The van der Waals surface area contributed by atoms with Crippen LogP contribution in [0.2, 0.25) is 0 Å². The standard InChI is InChI=1S/C6H4/c1-2-5-4-6(5)3-1/h2,5H,4H2. The monoisotopic (exact) mass is 76.0 g/mol. The molecular formula is C6H4. The lowest BCUT2D eigenvalue weighted by Gasteiger charge is -1.58. The molecule has 0 aromatic carbocycles. The highest BCUT2D eigenvalue weighted by molar-refractivity contribution is 5.32. The summed E-state index contributed by atoms with van der Waals surface area (Å²) >= 11 is 0. The van der Waals surface area contributed by atoms with Crippen molar-refractivity contribution in [3.63, 3.8) is 0 Å². The van der Waals surface area contributed by atoms with Crippen molar-refractivity contribution < 1.29 is 0 Å². The highest BCUT2D eigenvalue weighted by Crippen LogP contribution is 2.39. The minimum Gasteiger partial charge on any atom is -0.0740 e. The van der Waals surface area contributed by atoms with E-state index < -0.39 is 0 Å². The van der Waals surface area contributed by atoms with Crippen molar-refractivity contribution in [2.45, 2.75) is 6.42 Å². The van der Waals surface area contributed by atoms with Gasteiger partial charge in [-0.1, -0.05) is 11.5 Å². The van der Waals surface area contributed by atoms with Gasteiger partial charge in [0, 0.05) is 5.92 Å². The fraction of sp³-hybridized carbons (Fsp3) is 0.333. The van der Waals surface area contributed by atoms with Gasteiger partial charge >= 0.3 is 0 Å². The Balaban J connectivity index is 2.86. The average molecular weight is 76.1 g/mol. The van der Waals surface area contributed by atoms with Gasteiger partial charge in [-0.05, 0) is 18.1 Å². The maximum absolute atomic E-state index is 3.00. The Labute approximate surface area is 36.5 Å². The Kier molecular flexibility index (Phi) is 0.223. The SMILES string of the molecule is C1=C=C2CC2C=1. The third kappa shape index (κ3) is 0.137. The lowest BCUT2D eigenvalue weighted by atomic mass is 10.4. The molecule has 0 heterocycles. The van der Waals surface area contributed by atoms with Crippen LogP contribution in [0.4, 0.5) is 0 Å². The van der Waals surface area contributed by atoms with E-state index in [1.165, 1.54) is 12.0 Å². The molecule has 0 amide bonds. The van der Waals surface area contributed by atoms with Crippen LogP contribution < -0.4 is 0 Å². The molecule has 28 valence electrons. The Morgan fingerprint density at radius 3 is 3.00 bits per heavy atom. The summed E-state index contributed by atoms with van der Waals surface area (Å²) in [6.07, 6.45) is 3.35. The molecule has 0 N–H and O–H groups in total. The molecule has 0 nitrogen and oxygen atoms in total. The molecule has 0 bridgehead atoms. The van der Waals surface area contributed by atoms with E-state index in [-0.39, 0.29) is 0 Å². The van der Waals surface area contributed by atoms with Gasteiger partial charge in [-0.3, -0.25) is 0 Å². The minimum atomic E-state index is 0.782. The number of hydrogen-bond donors (Lipinski definition) is 0. The van der Waals surface area contributed by atoms with E-state index in [0.717, 1.165) is 5.92 Å². The molecule has 0 radical (unpaired) electrons. The van der Waals surface area contributed by atoms with Gasteiger partial charge in [0.15, 0.2) is 0 Å². The first-order valence-corrected chi connectivity index (χ1v) is 2.17. The van der Waals surface area contributed by atoms with Gasteiger partial charge in [-0.15, -0.1) is 0 Å². The van der Waals surface area contributed by atoms with Gasteiger partial charge in [-0.2, -0.15) is 0 Å². The summed E-state index contributed by atoms with van der Waals surface area (Å²) < 4.78 is 0. The first-order chi connectivity index (χ1) is 2.97. The van der Waals surface area contributed by atoms with Crippen molar-refractivity contribution >= 4 is 0 Å². The van der Waals surface area contributed by atoms with Crippen LogP contribution in [-0.4, -0.2) is 0 Å². The molecule has 2 aliphatic carbocycles. The van der Waals surface area contributed by atoms with Gasteiger partial charge in [0.1, 0.15) is 0 Å². The summed E-state index contributed by atoms with van der Waals surface area (Å²) in [6.45, 7) is 0. The molecule has 0 spiro atoms. The van der Waals surface area contributed by atoms with Crippen LogP contribution in [-0.2, 0) is 0 Å². The lowest BCUT2D eigenvalue weighted by molar-refractivity contribution is 1.17. The first-order valence-electron chi connectivity index (χ1n) is 2.17. The van der Waals surface area contributed by atoms with E-state index in [4.69, 9.17) is 0 Å². The third-order valence-electron chi connectivity index (χ3n) is 1.24. The third-order valence-corrected chi connectivity index (χ3v) is 1.24. The summed E-state index contributed by atoms with van der Waals surface area (Å²) in [6, 6.07) is 0. The Morgan fingerprint density at radius 2 is 2.83 bits per heavy atom. The van der Waals surface area contributed by atoms with E-state index in [1.807, 2.05) is 0 Å². The Morgan fingerprint density at radius 1 is 1.83 bits per heavy atom. The van der Waals surface area contributed by atoms with Gasteiger partial charge in [-0.25, -0.2) is 0 Å². The van der Waals surface area contributed by atoms with E-state index in [2.05, 4.69) is 17.5 Å². The number of rotatable bonds is 0. The van der Waals surface area contributed by atoms with Crippen LogP contribution in [0.15, 0.2) is 23.1 Å². The fourth-order valence-electron chi connectivity index (χ4n) is 0.716. The topological polar surface area (TPSA) is 0 Å². The van der Waals surface area contributed by atoms with E-state index >= 15 is 0 Å². The predicted octanol–water partition coefficient (Wildman–Crippen LogP) is 1.26. The van der Waals surface area contributed by atoms with Crippen LogP contribution in [0, 0.1) is 5.92 Å². The van der Waals surface area contributed by atoms with Crippen LogP contribution in [0.1, 0.15) is 6.42 Å². The highest BCUT2D eigenvalue weighted by Gasteiger charge is 2.28. The highest BCUT2D eigenvalue weighted by atomic mass is 14.3. The quantitative estimate of drug-likeness (QED) is 0.381. The number of hydrogen-bond acceptors (Lipinski definition) is 0. The van der Waals surface area contributed by atoms with Gasteiger partial charge in [0.25, 0.3) is 0 Å². The molecule has 0 saturated heterocycles. The molecule has 1 saturated carbocycles. The van der Waals surface area contributed by atoms with Crippen molar-refractivity contribution in [2.24, 2.45) is 5.92 Å². The summed E-state index contributed by atoms with van der Waals surface area (Å²) in [5.41, 5.74) is 7.37. The molecule has 0 aromatic rings. The molecule has 0 aromatic heterocycles. The number of allylic oxidation sites excluding steroid dienone is 2. The molecule has 6 heavy (non-hydrogen) atoms.